The summed E-state index contributed by atoms with van der Waals surface area (Å²) in [6.07, 6.45) is -1.61. The number of aliphatic hydroxyl groups is 1. The second-order valence-corrected chi connectivity index (χ2v) is 3.67. The second kappa shape index (κ2) is 4.80. The molecule has 0 aliphatic rings. The van der Waals surface area contributed by atoms with Gasteiger partial charge in [-0.3, -0.25) is 0 Å². The van der Waals surface area contributed by atoms with E-state index in [4.69, 9.17) is 0 Å². The first-order chi connectivity index (χ1) is 8.20. The Morgan fingerprint density at radius 3 is 2.24 bits per heavy atom. The topological polar surface area (TPSA) is 60.4 Å². The van der Waals surface area contributed by atoms with E-state index < -0.39 is 12.1 Å². The Labute approximate surface area is 99.0 Å². The number of carboxylic acids is 1. The van der Waals surface area contributed by atoms with E-state index in [1.165, 1.54) is 0 Å². The van der Waals surface area contributed by atoms with Crippen molar-refractivity contribution in [2.24, 2.45) is 0 Å². The standard InChI is InChI=1S/C14H12O3/c15-13(14(16)17)12-9-5-4-8-11(12)10-6-2-1-3-7-10/h1-9,13,15H,(H,16,17)/p-1. The summed E-state index contributed by atoms with van der Waals surface area (Å²) >= 11 is 0. The molecule has 0 fully saturated rings. The minimum absolute atomic E-state index is 0.346. The minimum Gasteiger partial charge on any atom is -0.547 e. The van der Waals surface area contributed by atoms with Gasteiger partial charge in [0.05, 0.1) is 5.97 Å². The first-order valence-electron chi connectivity index (χ1n) is 5.23. The van der Waals surface area contributed by atoms with Crippen LogP contribution in [-0.2, 0) is 4.79 Å². The maximum Gasteiger partial charge on any atom is 0.119 e. The van der Waals surface area contributed by atoms with Crippen LogP contribution in [0.15, 0.2) is 54.6 Å². The molecule has 2 rings (SSSR count). The summed E-state index contributed by atoms with van der Waals surface area (Å²) in [6.45, 7) is 0. The molecule has 17 heavy (non-hydrogen) atoms. The molecule has 0 aromatic heterocycles. The Hall–Kier alpha value is -2.13. The molecule has 0 saturated heterocycles. The van der Waals surface area contributed by atoms with Crippen LogP contribution in [0, 0.1) is 0 Å². The van der Waals surface area contributed by atoms with Crippen molar-refractivity contribution in [2.75, 3.05) is 0 Å². The van der Waals surface area contributed by atoms with Crippen molar-refractivity contribution < 1.29 is 15.0 Å². The molecule has 0 aliphatic heterocycles. The molecule has 2 aromatic rings. The third-order valence-corrected chi connectivity index (χ3v) is 2.56. The van der Waals surface area contributed by atoms with Crippen LogP contribution in [0.1, 0.15) is 11.7 Å². The zero-order chi connectivity index (χ0) is 12.3. The van der Waals surface area contributed by atoms with E-state index in [-0.39, 0.29) is 0 Å². The molecular weight excluding hydrogens is 216 g/mol. The number of hydrogen-bond acceptors (Lipinski definition) is 3. The van der Waals surface area contributed by atoms with Gasteiger partial charge in [-0.15, -0.1) is 0 Å². The molecule has 2 aromatic carbocycles. The number of rotatable bonds is 3. The molecule has 86 valence electrons. The van der Waals surface area contributed by atoms with Crippen molar-refractivity contribution >= 4 is 5.97 Å². The second-order valence-electron chi connectivity index (χ2n) is 3.67. The van der Waals surface area contributed by atoms with Crippen molar-refractivity contribution in [3.63, 3.8) is 0 Å². The van der Waals surface area contributed by atoms with Crippen molar-refractivity contribution in [1.29, 1.82) is 0 Å². The van der Waals surface area contributed by atoms with Gasteiger partial charge < -0.3 is 15.0 Å². The van der Waals surface area contributed by atoms with Crippen LogP contribution in [0.4, 0.5) is 0 Å². The van der Waals surface area contributed by atoms with Crippen molar-refractivity contribution in [2.45, 2.75) is 6.10 Å². The van der Waals surface area contributed by atoms with E-state index in [9.17, 15) is 15.0 Å². The van der Waals surface area contributed by atoms with Crippen LogP contribution in [0.2, 0.25) is 0 Å². The maximum atomic E-state index is 10.7. The molecule has 3 nitrogen and oxygen atoms in total. The molecular formula is C14H11O3-. The number of carbonyl (C=O) groups excluding carboxylic acids is 1. The summed E-state index contributed by atoms with van der Waals surface area (Å²) in [7, 11) is 0. The van der Waals surface area contributed by atoms with Crippen LogP contribution < -0.4 is 5.11 Å². The van der Waals surface area contributed by atoms with Gasteiger partial charge in [-0.25, -0.2) is 0 Å². The molecule has 1 N–H and O–H groups in total. The van der Waals surface area contributed by atoms with Gasteiger partial charge in [-0.05, 0) is 16.7 Å². The highest BCUT2D eigenvalue weighted by Gasteiger charge is 2.13. The Morgan fingerprint density at radius 2 is 1.59 bits per heavy atom. The molecule has 0 bridgehead atoms. The fraction of sp³-hybridized carbons (Fsp3) is 0.0714. The van der Waals surface area contributed by atoms with Gasteiger partial charge in [0, 0.05) is 0 Å². The number of hydrogen-bond donors (Lipinski definition) is 1. The summed E-state index contributed by atoms with van der Waals surface area (Å²) in [5.74, 6) is -1.49. The third kappa shape index (κ3) is 2.34. The van der Waals surface area contributed by atoms with Gasteiger partial charge in [-0.2, -0.15) is 0 Å². The van der Waals surface area contributed by atoms with Crippen molar-refractivity contribution in [3.05, 3.63) is 60.2 Å². The highest BCUT2D eigenvalue weighted by Crippen LogP contribution is 2.27. The van der Waals surface area contributed by atoms with E-state index in [0.717, 1.165) is 5.56 Å². The number of carboxylic acid groups (broad SMARTS) is 1. The quantitative estimate of drug-likeness (QED) is 0.855. The number of benzene rings is 2. The zero-order valence-corrected chi connectivity index (χ0v) is 9.04. The van der Waals surface area contributed by atoms with Gasteiger partial charge in [0.2, 0.25) is 0 Å². The molecule has 0 aliphatic carbocycles. The van der Waals surface area contributed by atoms with Gasteiger partial charge in [0.25, 0.3) is 0 Å². The average Bonchev–Trinajstić information content (AvgIpc) is 2.39. The Bertz CT molecular complexity index is 520. The van der Waals surface area contributed by atoms with Gasteiger partial charge >= 0.3 is 0 Å². The van der Waals surface area contributed by atoms with Crippen LogP contribution in [0.5, 0.6) is 0 Å². The lowest BCUT2D eigenvalue weighted by Gasteiger charge is -2.16. The summed E-state index contributed by atoms with van der Waals surface area (Å²) in [5, 5.41) is 20.3. The molecule has 0 radical (unpaired) electrons. The normalized spacial score (nSPS) is 12.1. The average molecular weight is 227 g/mol. The molecule has 0 amide bonds. The maximum absolute atomic E-state index is 10.7. The summed E-state index contributed by atoms with van der Waals surface area (Å²) in [6, 6.07) is 16.2. The summed E-state index contributed by atoms with van der Waals surface area (Å²) in [5.41, 5.74) is 1.91. The van der Waals surface area contributed by atoms with Crippen LogP contribution in [-0.4, -0.2) is 11.1 Å². The van der Waals surface area contributed by atoms with Crippen molar-refractivity contribution in [3.8, 4) is 11.1 Å². The predicted octanol–water partition coefficient (Wildman–Crippen LogP) is 1.14. The number of aliphatic carboxylic acids is 1. The molecule has 1 unspecified atom stereocenters. The van der Waals surface area contributed by atoms with Crippen molar-refractivity contribution in [1.82, 2.24) is 0 Å². The molecule has 0 heterocycles. The first-order valence-corrected chi connectivity index (χ1v) is 5.23. The van der Waals surface area contributed by atoms with Gasteiger partial charge in [-0.1, -0.05) is 54.6 Å². The largest absolute Gasteiger partial charge is 0.547 e. The van der Waals surface area contributed by atoms with E-state index in [2.05, 4.69) is 0 Å². The summed E-state index contributed by atoms with van der Waals surface area (Å²) in [4.78, 5) is 10.7. The van der Waals surface area contributed by atoms with Crippen LogP contribution >= 0.6 is 0 Å². The lowest BCUT2D eigenvalue weighted by atomic mass is 9.96. The SMILES string of the molecule is O=C([O-])C(O)c1ccccc1-c1ccccc1. The van der Waals surface area contributed by atoms with E-state index in [0.29, 0.717) is 11.1 Å². The monoisotopic (exact) mass is 227 g/mol. The number of carbonyl (C=O) groups is 1. The number of aliphatic hydroxyl groups excluding tert-OH is 1. The third-order valence-electron chi connectivity index (χ3n) is 2.56. The molecule has 1 atom stereocenters. The molecule has 3 heteroatoms. The van der Waals surface area contributed by atoms with Gasteiger partial charge in [0.15, 0.2) is 0 Å². The van der Waals surface area contributed by atoms with Crippen LogP contribution in [0.3, 0.4) is 0 Å². The fourth-order valence-electron chi connectivity index (χ4n) is 1.74. The smallest absolute Gasteiger partial charge is 0.119 e. The lowest BCUT2D eigenvalue weighted by Crippen LogP contribution is -2.29. The zero-order valence-electron chi connectivity index (χ0n) is 9.04. The Balaban J connectivity index is 2.52. The van der Waals surface area contributed by atoms with E-state index in [1.54, 1.807) is 24.3 Å². The Kier molecular flexibility index (Phi) is 3.21. The Morgan fingerprint density at radius 1 is 1.00 bits per heavy atom. The summed E-state index contributed by atoms with van der Waals surface area (Å²) < 4.78 is 0. The van der Waals surface area contributed by atoms with Gasteiger partial charge in [0.1, 0.15) is 6.10 Å². The predicted molar refractivity (Wildman–Crippen MR) is 61.8 cm³/mol. The molecule has 0 spiro atoms. The van der Waals surface area contributed by atoms with E-state index >= 15 is 0 Å². The van der Waals surface area contributed by atoms with Crippen LogP contribution in [0.25, 0.3) is 11.1 Å². The lowest BCUT2D eigenvalue weighted by molar-refractivity contribution is -0.315. The highest BCUT2D eigenvalue weighted by atomic mass is 16.4. The van der Waals surface area contributed by atoms with E-state index in [1.807, 2.05) is 30.3 Å². The molecule has 0 saturated carbocycles. The first kappa shape index (κ1) is 11.4. The minimum atomic E-state index is -1.61. The fourth-order valence-corrected chi connectivity index (χ4v) is 1.74. The highest BCUT2D eigenvalue weighted by molar-refractivity contribution is 5.78.